The highest BCUT2D eigenvalue weighted by molar-refractivity contribution is 5.85. The second-order valence-corrected chi connectivity index (χ2v) is 4.99. The first-order chi connectivity index (χ1) is 8.22. The van der Waals surface area contributed by atoms with Gasteiger partial charge in [0, 0.05) is 13.1 Å². The second-order valence-electron chi connectivity index (χ2n) is 4.99. The maximum absolute atomic E-state index is 13.6. The van der Waals surface area contributed by atoms with Gasteiger partial charge in [-0.1, -0.05) is 19.1 Å². The summed E-state index contributed by atoms with van der Waals surface area (Å²) in [7, 11) is 0. The van der Waals surface area contributed by atoms with Gasteiger partial charge in [-0.15, -0.1) is 12.4 Å². The van der Waals surface area contributed by atoms with Crippen molar-refractivity contribution < 1.29 is 4.39 Å². The largest absolute Gasteiger partial charge is 0.369 e. The molecule has 1 unspecified atom stereocenters. The second kappa shape index (κ2) is 6.95. The number of anilines is 1. The lowest BCUT2D eigenvalue weighted by Gasteiger charge is -2.36. The van der Waals surface area contributed by atoms with Crippen molar-refractivity contribution in [2.24, 2.45) is 17.6 Å². The Bertz CT molecular complexity index is 365. The summed E-state index contributed by atoms with van der Waals surface area (Å²) in [6, 6.07) is 7.03. The smallest absolute Gasteiger partial charge is 0.146 e. The first kappa shape index (κ1) is 15.3. The fourth-order valence-corrected chi connectivity index (χ4v) is 2.61. The molecule has 0 saturated carbocycles. The lowest BCUT2D eigenvalue weighted by atomic mass is 9.85. The van der Waals surface area contributed by atoms with Crippen LogP contribution in [0.5, 0.6) is 0 Å². The highest BCUT2D eigenvalue weighted by Gasteiger charge is 2.24. The number of hydrogen-bond acceptors (Lipinski definition) is 2. The molecule has 0 amide bonds. The predicted molar refractivity (Wildman–Crippen MR) is 76.8 cm³/mol. The minimum Gasteiger partial charge on any atom is -0.369 e. The number of nitrogens with zero attached hydrogens (tertiary/aromatic N) is 1. The molecule has 0 radical (unpaired) electrons. The van der Waals surface area contributed by atoms with Crippen LogP contribution in [0.4, 0.5) is 10.1 Å². The summed E-state index contributed by atoms with van der Waals surface area (Å²) < 4.78 is 13.6. The average molecular weight is 273 g/mol. The molecule has 1 aliphatic heterocycles. The zero-order valence-corrected chi connectivity index (χ0v) is 11.6. The number of rotatable bonds is 3. The Hall–Kier alpha value is -0.800. The van der Waals surface area contributed by atoms with E-state index in [0.29, 0.717) is 11.8 Å². The first-order valence-corrected chi connectivity index (χ1v) is 6.42. The molecule has 1 heterocycles. The number of halogens is 2. The summed E-state index contributed by atoms with van der Waals surface area (Å²) in [6.45, 7) is 4.85. The van der Waals surface area contributed by atoms with Crippen LogP contribution in [-0.2, 0) is 0 Å². The molecule has 0 aliphatic carbocycles. The van der Waals surface area contributed by atoms with E-state index in [4.69, 9.17) is 5.73 Å². The SMILES string of the molecule is CC(CN)C1CCN(c2ccccc2F)CC1.Cl. The lowest BCUT2D eigenvalue weighted by molar-refractivity contribution is 0.298. The molecule has 4 heteroatoms. The van der Waals surface area contributed by atoms with Gasteiger partial charge in [-0.2, -0.15) is 0 Å². The van der Waals surface area contributed by atoms with Gasteiger partial charge in [-0.05, 0) is 43.4 Å². The Kier molecular flexibility index (Phi) is 5.89. The molecule has 0 spiro atoms. The quantitative estimate of drug-likeness (QED) is 0.916. The monoisotopic (exact) mass is 272 g/mol. The standard InChI is InChI=1S/C14H21FN2.ClH/c1-11(10-16)12-6-8-17(9-7-12)14-5-3-2-4-13(14)15;/h2-5,11-12H,6-10,16H2,1H3;1H. The number of benzene rings is 1. The van der Waals surface area contributed by atoms with Crippen molar-refractivity contribution in [1.29, 1.82) is 0 Å². The molecule has 102 valence electrons. The van der Waals surface area contributed by atoms with Crippen molar-refractivity contribution in [2.45, 2.75) is 19.8 Å². The van der Waals surface area contributed by atoms with Crippen molar-refractivity contribution in [1.82, 2.24) is 0 Å². The number of piperidine rings is 1. The molecule has 1 aromatic carbocycles. The van der Waals surface area contributed by atoms with Crippen LogP contribution in [0.1, 0.15) is 19.8 Å². The third-order valence-corrected chi connectivity index (χ3v) is 3.91. The van der Waals surface area contributed by atoms with E-state index < -0.39 is 0 Å². The van der Waals surface area contributed by atoms with Crippen molar-refractivity contribution in [3.8, 4) is 0 Å². The van der Waals surface area contributed by atoms with E-state index in [-0.39, 0.29) is 18.2 Å². The first-order valence-electron chi connectivity index (χ1n) is 6.42. The molecule has 18 heavy (non-hydrogen) atoms. The molecular formula is C14H22ClFN2. The van der Waals surface area contributed by atoms with E-state index in [0.717, 1.165) is 38.2 Å². The Morgan fingerprint density at radius 1 is 1.33 bits per heavy atom. The van der Waals surface area contributed by atoms with Crippen LogP contribution in [0.25, 0.3) is 0 Å². The molecule has 0 bridgehead atoms. The molecule has 1 aliphatic rings. The maximum atomic E-state index is 13.6. The van der Waals surface area contributed by atoms with E-state index in [1.807, 2.05) is 12.1 Å². The molecular weight excluding hydrogens is 251 g/mol. The van der Waals surface area contributed by atoms with E-state index in [1.54, 1.807) is 6.07 Å². The molecule has 0 aromatic heterocycles. The number of para-hydroxylation sites is 1. The van der Waals surface area contributed by atoms with Gasteiger partial charge >= 0.3 is 0 Å². The van der Waals surface area contributed by atoms with Gasteiger partial charge in [0.15, 0.2) is 0 Å². The highest BCUT2D eigenvalue weighted by Crippen LogP contribution is 2.28. The van der Waals surface area contributed by atoms with Crippen LogP contribution in [-0.4, -0.2) is 19.6 Å². The molecule has 1 atom stereocenters. The zero-order chi connectivity index (χ0) is 12.3. The Balaban J connectivity index is 0.00000162. The number of nitrogens with two attached hydrogens (primary N) is 1. The van der Waals surface area contributed by atoms with Gasteiger partial charge in [-0.25, -0.2) is 4.39 Å². The maximum Gasteiger partial charge on any atom is 0.146 e. The van der Waals surface area contributed by atoms with E-state index in [9.17, 15) is 4.39 Å². The van der Waals surface area contributed by atoms with Gasteiger partial charge in [0.1, 0.15) is 5.82 Å². The van der Waals surface area contributed by atoms with Crippen LogP contribution < -0.4 is 10.6 Å². The van der Waals surface area contributed by atoms with E-state index >= 15 is 0 Å². The summed E-state index contributed by atoms with van der Waals surface area (Å²) in [4.78, 5) is 2.15. The molecule has 1 saturated heterocycles. The summed E-state index contributed by atoms with van der Waals surface area (Å²) in [5.74, 6) is 1.17. The fourth-order valence-electron chi connectivity index (χ4n) is 2.61. The van der Waals surface area contributed by atoms with E-state index in [2.05, 4.69) is 11.8 Å². The van der Waals surface area contributed by atoms with Crippen LogP contribution in [0.15, 0.2) is 24.3 Å². The van der Waals surface area contributed by atoms with Crippen molar-refractivity contribution >= 4 is 18.1 Å². The fraction of sp³-hybridized carbons (Fsp3) is 0.571. The molecule has 2 rings (SSSR count). The molecule has 1 aromatic rings. The van der Waals surface area contributed by atoms with Gasteiger partial charge in [-0.3, -0.25) is 0 Å². The average Bonchev–Trinajstić information content (AvgIpc) is 2.39. The molecule has 1 fully saturated rings. The minimum atomic E-state index is -0.113. The topological polar surface area (TPSA) is 29.3 Å². The minimum absolute atomic E-state index is 0. The molecule has 2 N–H and O–H groups in total. The molecule has 2 nitrogen and oxygen atoms in total. The Morgan fingerprint density at radius 2 is 1.94 bits per heavy atom. The van der Waals surface area contributed by atoms with E-state index in [1.165, 1.54) is 6.07 Å². The van der Waals surface area contributed by atoms with Crippen LogP contribution in [0.3, 0.4) is 0 Å². The lowest BCUT2D eigenvalue weighted by Crippen LogP contribution is -2.37. The third kappa shape index (κ3) is 3.36. The Labute approximate surface area is 115 Å². The third-order valence-electron chi connectivity index (χ3n) is 3.91. The van der Waals surface area contributed by atoms with Crippen molar-refractivity contribution in [3.63, 3.8) is 0 Å². The zero-order valence-electron chi connectivity index (χ0n) is 10.8. The Morgan fingerprint density at radius 3 is 2.50 bits per heavy atom. The van der Waals surface area contributed by atoms with Crippen molar-refractivity contribution in [2.75, 3.05) is 24.5 Å². The predicted octanol–water partition coefficient (Wildman–Crippen LogP) is 3.06. The van der Waals surface area contributed by atoms with Crippen LogP contribution >= 0.6 is 12.4 Å². The summed E-state index contributed by atoms with van der Waals surface area (Å²) >= 11 is 0. The van der Waals surface area contributed by atoms with Gasteiger partial charge in [0.25, 0.3) is 0 Å². The van der Waals surface area contributed by atoms with Crippen molar-refractivity contribution in [3.05, 3.63) is 30.1 Å². The van der Waals surface area contributed by atoms with Crippen LogP contribution in [0, 0.1) is 17.7 Å². The highest BCUT2D eigenvalue weighted by atomic mass is 35.5. The summed E-state index contributed by atoms with van der Waals surface area (Å²) in [5, 5.41) is 0. The number of hydrogen-bond donors (Lipinski definition) is 1. The summed E-state index contributed by atoms with van der Waals surface area (Å²) in [5.41, 5.74) is 6.44. The van der Waals surface area contributed by atoms with Gasteiger partial charge < -0.3 is 10.6 Å². The normalized spacial score (nSPS) is 18.3. The summed E-state index contributed by atoms with van der Waals surface area (Å²) in [6.07, 6.45) is 2.24. The van der Waals surface area contributed by atoms with Crippen LogP contribution in [0.2, 0.25) is 0 Å². The van der Waals surface area contributed by atoms with Gasteiger partial charge in [0.05, 0.1) is 5.69 Å². The van der Waals surface area contributed by atoms with Gasteiger partial charge in [0.2, 0.25) is 0 Å².